The van der Waals surface area contributed by atoms with Crippen LogP contribution in [0.5, 0.6) is 0 Å². The lowest BCUT2D eigenvalue weighted by Crippen LogP contribution is -2.06. The molecule has 2 rings (SSSR count). The van der Waals surface area contributed by atoms with E-state index in [4.69, 9.17) is 23.2 Å². The van der Waals surface area contributed by atoms with Crippen LogP contribution >= 0.6 is 45.8 Å². The lowest BCUT2D eigenvalue weighted by molar-refractivity contribution is 0.953. The molecule has 0 aliphatic heterocycles. The molecule has 0 unspecified atom stereocenters. The van der Waals surface area contributed by atoms with Crippen molar-refractivity contribution in [1.82, 2.24) is 9.97 Å². The molecule has 1 heterocycles. The largest absolute Gasteiger partial charge is 0.354 e. The fourth-order valence-electron chi connectivity index (χ4n) is 1.50. The van der Waals surface area contributed by atoms with Gasteiger partial charge in [0.25, 0.3) is 0 Å². The molecule has 106 valence electrons. The molecule has 0 aliphatic carbocycles. The van der Waals surface area contributed by atoms with E-state index in [1.165, 1.54) is 0 Å². The van der Waals surface area contributed by atoms with Crippen molar-refractivity contribution >= 4 is 63.2 Å². The predicted octanol–water partition coefficient (Wildman–Crippen LogP) is 4.95. The summed E-state index contributed by atoms with van der Waals surface area (Å²) in [5.41, 5.74) is 0.900. The fourth-order valence-corrected chi connectivity index (χ4v) is 2.64. The molecule has 20 heavy (non-hydrogen) atoms. The minimum atomic E-state index is 0.470. The second-order valence-electron chi connectivity index (χ2n) is 4.07. The van der Waals surface area contributed by atoms with Crippen LogP contribution in [-0.2, 0) is 0 Å². The highest BCUT2D eigenvalue weighted by atomic mass is 127. The van der Waals surface area contributed by atoms with E-state index in [0.717, 1.165) is 22.2 Å². The van der Waals surface area contributed by atoms with Crippen molar-refractivity contribution in [1.29, 1.82) is 0 Å². The van der Waals surface area contributed by atoms with Gasteiger partial charge in [0.05, 0.1) is 11.9 Å². The van der Waals surface area contributed by atoms with Gasteiger partial charge in [0.2, 0.25) is 5.95 Å². The molecule has 0 fully saturated rings. The highest BCUT2D eigenvalue weighted by molar-refractivity contribution is 14.1. The first-order valence-corrected chi connectivity index (χ1v) is 7.92. The Balaban J connectivity index is 2.23. The SMILES string of the molecule is CCCNc1ncc(Cl)c(Nc2ccc(Cl)cc2I)n1. The second-order valence-corrected chi connectivity index (χ2v) is 6.07. The zero-order valence-electron chi connectivity index (χ0n) is 10.8. The highest BCUT2D eigenvalue weighted by Crippen LogP contribution is 2.28. The van der Waals surface area contributed by atoms with Crippen LogP contribution in [0.3, 0.4) is 0 Å². The third-order valence-electron chi connectivity index (χ3n) is 2.46. The summed E-state index contributed by atoms with van der Waals surface area (Å²) >= 11 is 14.3. The van der Waals surface area contributed by atoms with Gasteiger partial charge in [-0.15, -0.1) is 0 Å². The smallest absolute Gasteiger partial charge is 0.224 e. The van der Waals surface area contributed by atoms with Crippen LogP contribution in [0, 0.1) is 3.57 Å². The van der Waals surface area contributed by atoms with E-state index in [-0.39, 0.29) is 0 Å². The van der Waals surface area contributed by atoms with Crippen molar-refractivity contribution in [2.24, 2.45) is 0 Å². The number of halogens is 3. The Kier molecular flexibility index (Phi) is 5.68. The molecule has 7 heteroatoms. The van der Waals surface area contributed by atoms with Gasteiger partial charge < -0.3 is 10.6 Å². The van der Waals surface area contributed by atoms with Crippen molar-refractivity contribution in [3.8, 4) is 0 Å². The molecule has 1 aromatic heterocycles. The van der Waals surface area contributed by atoms with Gasteiger partial charge in [0.15, 0.2) is 5.82 Å². The third-order valence-corrected chi connectivity index (χ3v) is 3.87. The van der Waals surface area contributed by atoms with E-state index in [1.807, 2.05) is 18.2 Å². The average Bonchev–Trinajstić information content (AvgIpc) is 2.42. The summed E-state index contributed by atoms with van der Waals surface area (Å²) in [7, 11) is 0. The molecule has 1 aromatic carbocycles. The zero-order valence-corrected chi connectivity index (χ0v) is 14.4. The Hall–Kier alpha value is -0.790. The van der Waals surface area contributed by atoms with E-state index in [1.54, 1.807) is 6.20 Å². The standard InChI is InChI=1S/C13H13Cl2IN4/c1-2-5-17-13-18-7-9(15)12(20-13)19-11-4-3-8(14)6-10(11)16/h3-4,6-7H,2,5H2,1H3,(H2,17,18,19,20). The lowest BCUT2D eigenvalue weighted by atomic mass is 10.3. The average molecular weight is 423 g/mol. The zero-order chi connectivity index (χ0) is 14.5. The first-order valence-electron chi connectivity index (χ1n) is 6.08. The maximum absolute atomic E-state index is 6.12. The molecule has 0 radical (unpaired) electrons. The van der Waals surface area contributed by atoms with Gasteiger partial charge in [-0.25, -0.2) is 4.98 Å². The highest BCUT2D eigenvalue weighted by Gasteiger charge is 2.08. The van der Waals surface area contributed by atoms with Crippen LogP contribution in [-0.4, -0.2) is 16.5 Å². The lowest BCUT2D eigenvalue weighted by Gasteiger charge is -2.11. The summed E-state index contributed by atoms with van der Waals surface area (Å²) in [6.07, 6.45) is 2.58. The number of hydrogen-bond acceptors (Lipinski definition) is 4. The number of aromatic nitrogens is 2. The number of nitrogens with zero attached hydrogens (tertiary/aromatic N) is 2. The molecule has 0 atom stereocenters. The number of nitrogens with one attached hydrogen (secondary N) is 2. The van der Waals surface area contributed by atoms with E-state index in [9.17, 15) is 0 Å². The Labute approximate surface area is 141 Å². The van der Waals surface area contributed by atoms with Crippen LogP contribution < -0.4 is 10.6 Å². The molecule has 0 aliphatic rings. The molecule has 2 N–H and O–H groups in total. The fraction of sp³-hybridized carbons (Fsp3) is 0.231. The van der Waals surface area contributed by atoms with Crippen LogP contribution in [0.15, 0.2) is 24.4 Å². The van der Waals surface area contributed by atoms with E-state index in [0.29, 0.717) is 21.8 Å². The molecular formula is C13H13Cl2IN4. The second kappa shape index (κ2) is 7.28. The molecule has 0 amide bonds. The summed E-state index contributed by atoms with van der Waals surface area (Å²) in [6.45, 7) is 2.90. The van der Waals surface area contributed by atoms with Crippen molar-refractivity contribution in [3.63, 3.8) is 0 Å². The topological polar surface area (TPSA) is 49.8 Å². The minimum Gasteiger partial charge on any atom is -0.354 e. The quantitative estimate of drug-likeness (QED) is 0.669. The molecule has 2 aromatic rings. The number of anilines is 3. The van der Waals surface area contributed by atoms with Gasteiger partial charge in [0, 0.05) is 15.1 Å². The van der Waals surface area contributed by atoms with Gasteiger partial charge in [0.1, 0.15) is 5.02 Å². The predicted molar refractivity (Wildman–Crippen MR) is 93.3 cm³/mol. The van der Waals surface area contributed by atoms with E-state index in [2.05, 4.69) is 50.1 Å². The summed E-state index contributed by atoms with van der Waals surface area (Å²) in [4.78, 5) is 8.50. The molecular weight excluding hydrogens is 410 g/mol. The van der Waals surface area contributed by atoms with Gasteiger partial charge in [-0.2, -0.15) is 4.98 Å². The maximum atomic E-state index is 6.12. The van der Waals surface area contributed by atoms with E-state index < -0.39 is 0 Å². The van der Waals surface area contributed by atoms with E-state index >= 15 is 0 Å². The van der Waals surface area contributed by atoms with Crippen molar-refractivity contribution in [2.45, 2.75) is 13.3 Å². The Morgan fingerprint density at radius 3 is 2.80 bits per heavy atom. The first kappa shape index (κ1) is 15.6. The van der Waals surface area contributed by atoms with Gasteiger partial charge >= 0.3 is 0 Å². The Morgan fingerprint density at radius 2 is 2.10 bits per heavy atom. The Bertz CT molecular complexity index is 607. The monoisotopic (exact) mass is 422 g/mol. The van der Waals surface area contributed by atoms with Gasteiger partial charge in [-0.05, 0) is 47.2 Å². The summed E-state index contributed by atoms with van der Waals surface area (Å²) in [5, 5.41) is 7.49. The normalized spacial score (nSPS) is 10.4. The van der Waals surface area contributed by atoms with Crippen molar-refractivity contribution in [2.75, 3.05) is 17.2 Å². The molecule has 0 saturated heterocycles. The van der Waals surface area contributed by atoms with Crippen LogP contribution in [0.4, 0.5) is 17.5 Å². The summed E-state index contributed by atoms with van der Waals surface area (Å²) in [6, 6.07) is 5.58. The van der Waals surface area contributed by atoms with Crippen LogP contribution in [0.25, 0.3) is 0 Å². The molecule has 0 bridgehead atoms. The molecule has 0 spiro atoms. The summed E-state index contributed by atoms with van der Waals surface area (Å²) in [5.74, 6) is 1.13. The number of hydrogen-bond donors (Lipinski definition) is 2. The number of benzene rings is 1. The van der Waals surface area contributed by atoms with Gasteiger partial charge in [-0.1, -0.05) is 30.1 Å². The van der Waals surface area contributed by atoms with Crippen molar-refractivity contribution < 1.29 is 0 Å². The number of rotatable bonds is 5. The molecule has 4 nitrogen and oxygen atoms in total. The first-order chi connectivity index (χ1) is 9.60. The minimum absolute atomic E-state index is 0.470. The Morgan fingerprint density at radius 1 is 1.30 bits per heavy atom. The van der Waals surface area contributed by atoms with Crippen LogP contribution in [0.2, 0.25) is 10.0 Å². The van der Waals surface area contributed by atoms with Gasteiger partial charge in [-0.3, -0.25) is 0 Å². The third kappa shape index (κ3) is 4.10. The molecule has 0 saturated carbocycles. The van der Waals surface area contributed by atoms with Crippen LogP contribution in [0.1, 0.15) is 13.3 Å². The van der Waals surface area contributed by atoms with Crippen molar-refractivity contribution in [3.05, 3.63) is 38.0 Å². The summed E-state index contributed by atoms with van der Waals surface area (Å²) < 4.78 is 0.993. The maximum Gasteiger partial charge on any atom is 0.224 e.